The lowest BCUT2D eigenvalue weighted by Crippen LogP contribution is -2.33. The number of aromatic nitrogens is 2. The Morgan fingerprint density at radius 1 is 0.971 bits per heavy atom. The van der Waals surface area contributed by atoms with E-state index in [-0.39, 0.29) is 5.91 Å². The van der Waals surface area contributed by atoms with Gasteiger partial charge in [-0.05, 0) is 62.8 Å². The number of thiophene rings is 1. The molecule has 0 fully saturated rings. The summed E-state index contributed by atoms with van der Waals surface area (Å²) in [6.45, 7) is 1.44. The lowest BCUT2D eigenvalue weighted by molar-refractivity contribution is 0.0987. The zero-order chi connectivity index (χ0) is 24.4. The first kappa shape index (κ1) is 23.4. The van der Waals surface area contributed by atoms with E-state index in [0.29, 0.717) is 17.2 Å². The third-order valence-electron chi connectivity index (χ3n) is 5.77. The van der Waals surface area contributed by atoms with Gasteiger partial charge in [-0.1, -0.05) is 35.6 Å². The quantitative estimate of drug-likeness (QED) is 0.254. The van der Waals surface area contributed by atoms with Crippen molar-refractivity contribution in [2.24, 2.45) is 0 Å². The topological polar surface area (TPSA) is 58.6 Å². The molecule has 0 spiro atoms. The summed E-state index contributed by atoms with van der Waals surface area (Å²) in [5.41, 5.74) is 3.09. The van der Waals surface area contributed by atoms with Gasteiger partial charge in [0.1, 0.15) is 5.75 Å². The number of hydrogen-bond acceptors (Lipinski definition) is 7. The Bertz CT molecular complexity index is 1480. The van der Waals surface area contributed by atoms with Gasteiger partial charge in [-0.25, -0.2) is 9.97 Å². The van der Waals surface area contributed by atoms with Crippen LogP contribution in [0, 0.1) is 0 Å². The van der Waals surface area contributed by atoms with Crippen LogP contribution in [0.15, 0.2) is 66.0 Å². The van der Waals surface area contributed by atoms with Crippen LogP contribution in [0.1, 0.15) is 16.8 Å². The van der Waals surface area contributed by atoms with E-state index in [1.54, 1.807) is 18.4 Å². The van der Waals surface area contributed by atoms with Gasteiger partial charge in [0, 0.05) is 18.0 Å². The average Bonchev–Trinajstić information content (AvgIpc) is 3.55. The molecule has 2 aromatic carbocycles. The molecule has 0 bridgehead atoms. The number of methoxy groups -OCH3 is 1. The van der Waals surface area contributed by atoms with Crippen molar-refractivity contribution in [3.05, 3.63) is 71.6 Å². The molecular weight excluding hydrogens is 476 g/mol. The molecule has 0 N–H and O–H groups in total. The number of hydrogen-bond donors (Lipinski definition) is 0. The third kappa shape index (κ3) is 4.91. The van der Waals surface area contributed by atoms with E-state index in [1.807, 2.05) is 85.0 Å². The Labute approximate surface area is 212 Å². The number of benzene rings is 2. The van der Waals surface area contributed by atoms with Gasteiger partial charge in [0.15, 0.2) is 5.13 Å². The first-order chi connectivity index (χ1) is 17.0. The van der Waals surface area contributed by atoms with Gasteiger partial charge in [-0.2, -0.15) is 0 Å². The van der Waals surface area contributed by atoms with Crippen LogP contribution >= 0.6 is 22.7 Å². The number of anilines is 1. The van der Waals surface area contributed by atoms with E-state index in [2.05, 4.69) is 4.90 Å². The molecule has 35 heavy (non-hydrogen) atoms. The van der Waals surface area contributed by atoms with Crippen LogP contribution < -0.4 is 9.64 Å². The maximum atomic E-state index is 14.2. The number of para-hydroxylation sites is 1. The monoisotopic (exact) mass is 502 g/mol. The van der Waals surface area contributed by atoms with E-state index < -0.39 is 0 Å². The fraction of sp³-hybridized carbons (Fsp3) is 0.222. The SMILES string of the molecule is COc1ccc2sc(N(CCCN(C)C)C(=O)c3cc(-c4cccs4)nc4ccccc34)nc2c1. The van der Waals surface area contributed by atoms with Crippen LogP contribution in [0.3, 0.4) is 0 Å². The molecular formula is C27H26N4O2S2. The molecule has 0 unspecified atom stereocenters. The summed E-state index contributed by atoms with van der Waals surface area (Å²) in [6.07, 6.45) is 0.832. The summed E-state index contributed by atoms with van der Waals surface area (Å²) in [5, 5.41) is 3.56. The van der Waals surface area contributed by atoms with Crippen molar-refractivity contribution >= 4 is 54.8 Å². The Balaban J connectivity index is 1.61. The van der Waals surface area contributed by atoms with Crippen molar-refractivity contribution in [3.63, 3.8) is 0 Å². The van der Waals surface area contributed by atoms with Gasteiger partial charge < -0.3 is 9.64 Å². The molecule has 0 aliphatic heterocycles. The Hall–Kier alpha value is -3.33. The van der Waals surface area contributed by atoms with E-state index in [0.717, 1.165) is 50.4 Å². The first-order valence-corrected chi connectivity index (χ1v) is 13.1. The van der Waals surface area contributed by atoms with Crippen molar-refractivity contribution < 1.29 is 9.53 Å². The molecule has 0 saturated carbocycles. The second-order valence-corrected chi connectivity index (χ2v) is 10.5. The van der Waals surface area contributed by atoms with E-state index in [9.17, 15) is 4.79 Å². The number of pyridine rings is 1. The number of ether oxygens (including phenoxy) is 1. The summed E-state index contributed by atoms with van der Waals surface area (Å²) in [5.74, 6) is 0.687. The predicted octanol–water partition coefficient (Wildman–Crippen LogP) is 6.18. The van der Waals surface area contributed by atoms with Crippen LogP contribution in [0.4, 0.5) is 5.13 Å². The molecule has 1 amide bonds. The number of rotatable bonds is 8. The summed E-state index contributed by atoms with van der Waals surface area (Å²) in [4.78, 5) is 28.8. The first-order valence-electron chi connectivity index (χ1n) is 11.4. The van der Waals surface area contributed by atoms with Crippen LogP contribution in [0.5, 0.6) is 5.75 Å². The average molecular weight is 503 g/mol. The molecule has 5 rings (SSSR count). The number of thiazole rings is 1. The molecule has 6 nitrogen and oxygen atoms in total. The summed E-state index contributed by atoms with van der Waals surface area (Å²) in [7, 11) is 5.73. The van der Waals surface area contributed by atoms with Crippen molar-refractivity contribution in [1.29, 1.82) is 0 Å². The molecule has 0 atom stereocenters. The lowest BCUT2D eigenvalue weighted by atomic mass is 10.1. The molecule has 0 radical (unpaired) electrons. The second kappa shape index (κ2) is 10.1. The Kier molecular flexibility index (Phi) is 6.77. The highest BCUT2D eigenvalue weighted by Crippen LogP contribution is 2.34. The molecule has 3 heterocycles. The van der Waals surface area contributed by atoms with Crippen LogP contribution in [0.25, 0.3) is 31.7 Å². The number of carbonyl (C=O) groups excluding carboxylic acids is 1. The van der Waals surface area contributed by atoms with Gasteiger partial charge in [-0.15, -0.1) is 11.3 Å². The van der Waals surface area contributed by atoms with E-state index in [4.69, 9.17) is 14.7 Å². The highest BCUT2D eigenvalue weighted by molar-refractivity contribution is 7.22. The third-order valence-corrected chi connectivity index (χ3v) is 7.72. The molecule has 0 aliphatic rings. The summed E-state index contributed by atoms with van der Waals surface area (Å²) >= 11 is 3.14. The Morgan fingerprint density at radius 2 is 1.83 bits per heavy atom. The van der Waals surface area contributed by atoms with Gasteiger partial charge >= 0.3 is 0 Å². The largest absolute Gasteiger partial charge is 0.497 e. The number of carbonyl (C=O) groups is 1. The normalized spacial score (nSPS) is 11.4. The van der Waals surface area contributed by atoms with Gasteiger partial charge in [0.25, 0.3) is 5.91 Å². The van der Waals surface area contributed by atoms with Crippen molar-refractivity contribution in [3.8, 4) is 16.3 Å². The number of fused-ring (bicyclic) bond motifs is 2. The van der Waals surface area contributed by atoms with E-state index >= 15 is 0 Å². The van der Waals surface area contributed by atoms with Crippen molar-refractivity contribution in [1.82, 2.24) is 14.9 Å². The van der Waals surface area contributed by atoms with Crippen LogP contribution in [-0.4, -0.2) is 55.1 Å². The maximum Gasteiger partial charge on any atom is 0.260 e. The van der Waals surface area contributed by atoms with Crippen molar-refractivity contribution in [2.75, 3.05) is 39.2 Å². The Morgan fingerprint density at radius 3 is 2.60 bits per heavy atom. The molecule has 0 aliphatic carbocycles. The van der Waals surface area contributed by atoms with Gasteiger partial charge in [-0.3, -0.25) is 9.69 Å². The summed E-state index contributed by atoms with van der Waals surface area (Å²) in [6, 6.07) is 19.6. The highest BCUT2D eigenvalue weighted by atomic mass is 32.1. The standard InChI is InChI=1S/C27H26N4O2S2/c1-30(2)13-7-14-31(27-29-22-16-18(33-3)11-12-25(22)35-27)26(32)20-17-23(24-10-6-15-34-24)28-21-9-5-4-8-19(20)21/h4-6,8-12,15-17H,7,13-14H2,1-3H3. The number of nitrogens with zero attached hydrogens (tertiary/aromatic N) is 4. The van der Waals surface area contributed by atoms with Gasteiger partial charge in [0.2, 0.25) is 0 Å². The lowest BCUT2D eigenvalue weighted by Gasteiger charge is -2.22. The van der Waals surface area contributed by atoms with E-state index in [1.165, 1.54) is 11.3 Å². The minimum Gasteiger partial charge on any atom is -0.497 e. The number of amides is 1. The predicted molar refractivity (Wildman–Crippen MR) is 146 cm³/mol. The molecule has 0 saturated heterocycles. The smallest absolute Gasteiger partial charge is 0.260 e. The minimum absolute atomic E-state index is 0.0637. The fourth-order valence-corrected chi connectivity index (χ4v) is 5.67. The molecule has 178 valence electrons. The molecule has 8 heteroatoms. The van der Waals surface area contributed by atoms with Gasteiger partial charge in [0.05, 0.1) is 39.0 Å². The highest BCUT2D eigenvalue weighted by Gasteiger charge is 2.24. The zero-order valence-corrected chi connectivity index (χ0v) is 21.5. The minimum atomic E-state index is -0.0637. The van der Waals surface area contributed by atoms with Crippen LogP contribution in [0.2, 0.25) is 0 Å². The maximum absolute atomic E-state index is 14.2. The zero-order valence-electron chi connectivity index (χ0n) is 19.9. The molecule has 3 aromatic heterocycles. The molecule has 5 aromatic rings. The summed E-state index contributed by atoms with van der Waals surface area (Å²) < 4.78 is 6.39. The second-order valence-electron chi connectivity index (χ2n) is 8.49. The van der Waals surface area contributed by atoms with Crippen molar-refractivity contribution in [2.45, 2.75) is 6.42 Å². The fourth-order valence-electron chi connectivity index (χ4n) is 4.01. The van der Waals surface area contributed by atoms with Crippen LogP contribution in [-0.2, 0) is 0 Å².